The summed E-state index contributed by atoms with van der Waals surface area (Å²) in [6, 6.07) is 0.409. The molecule has 0 aromatic carbocycles. The molecule has 2 heteroatoms. The van der Waals surface area contributed by atoms with E-state index < -0.39 is 0 Å². The maximum absolute atomic E-state index is 12.5. The fraction of sp³-hybridized carbons (Fsp3) is 0.947. The fourth-order valence-corrected chi connectivity index (χ4v) is 2.93. The molecule has 2 nitrogen and oxygen atoms in total. The van der Waals surface area contributed by atoms with Crippen LogP contribution >= 0.6 is 0 Å². The number of rotatable bonds is 13. The second kappa shape index (κ2) is 13.2. The van der Waals surface area contributed by atoms with Gasteiger partial charge in [0, 0.05) is 19.0 Å². The molecule has 0 aliphatic rings. The number of hydrogen-bond donors (Lipinski definition) is 0. The summed E-state index contributed by atoms with van der Waals surface area (Å²) in [6.07, 6.45) is 11.6. The van der Waals surface area contributed by atoms with Crippen LogP contribution in [-0.4, -0.2) is 23.4 Å². The second-order valence-corrected chi connectivity index (χ2v) is 6.56. The maximum atomic E-state index is 12.5. The Kier molecular flexibility index (Phi) is 12.8. The molecule has 0 rings (SSSR count). The van der Waals surface area contributed by atoms with Gasteiger partial charge in [-0.25, -0.2) is 0 Å². The van der Waals surface area contributed by atoms with E-state index in [0.717, 1.165) is 19.4 Å². The molecule has 0 aliphatic carbocycles. The predicted octanol–water partition coefficient (Wildman–Crippen LogP) is 5.80. The first kappa shape index (κ1) is 20.5. The highest BCUT2D eigenvalue weighted by Crippen LogP contribution is 2.19. The molecule has 0 aromatic rings. The summed E-state index contributed by atoms with van der Waals surface area (Å²) in [5.74, 6) is 1.05. The Hall–Kier alpha value is -0.530. The molecule has 0 heterocycles. The highest BCUT2D eigenvalue weighted by atomic mass is 16.2. The minimum absolute atomic E-state index is 0.372. The van der Waals surface area contributed by atoms with E-state index in [1.54, 1.807) is 0 Å². The zero-order valence-electron chi connectivity index (χ0n) is 15.3. The lowest BCUT2D eigenvalue weighted by Crippen LogP contribution is -2.41. The summed E-state index contributed by atoms with van der Waals surface area (Å²) in [7, 11) is 0. The van der Waals surface area contributed by atoms with E-state index in [4.69, 9.17) is 0 Å². The first-order valence-electron chi connectivity index (χ1n) is 9.39. The van der Waals surface area contributed by atoms with Gasteiger partial charge in [0.25, 0.3) is 0 Å². The third-order valence-electron chi connectivity index (χ3n) is 4.54. The normalized spacial score (nSPS) is 14.0. The first-order valence-corrected chi connectivity index (χ1v) is 9.39. The van der Waals surface area contributed by atoms with Crippen LogP contribution in [0.3, 0.4) is 0 Å². The third-order valence-corrected chi connectivity index (χ3v) is 4.54. The minimum Gasteiger partial charge on any atom is -0.340 e. The van der Waals surface area contributed by atoms with Crippen molar-refractivity contribution >= 4 is 5.91 Å². The smallest absolute Gasteiger partial charge is 0.222 e. The van der Waals surface area contributed by atoms with Gasteiger partial charge < -0.3 is 4.90 Å². The zero-order chi connectivity index (χ0) is 16.1. The molecule has 2 unspecified atom stereocenters. The van der Waals surface area contributed by atoms with Crippen molar-refractivity contribution < 1.29 is 4.79 Å². The lowest BCUT2D eigenvalue weighted by Gasteiger charge is -2.33. The van der Waals surface area contributed by atoms with E-state index >= 15 is 0 Å². The van der Waals surface area contributed by atoms with Gasteiger partial charge in [0.05, 0.1) is 0 Å². The van der Waals surface area contributed by atoms with E-state index in [0.29, 0.717) is 24.3 Å². The van der Waals surface area contributed by atoms with Crippen molar-refractivity contribution in [3.05, 3.63) is 0 Å². The van der Waals surface area contributed by atoms with Crippen LogP contribution in [0.1, 0.15) is 98.8 Å². The largest absolute Gasteiger partial charge is 0.340 e. The summed E-state index contributed by atoms with van der Waals surface area (Å²) in [5.41, 5.74) is 0. The molecular weight excluding hydrogens is 258 g/mol. The average Bonchev–Trinajstić information content (AvgIpc) is 2.47. The topological polar surface area (TPSA) is 20.3 Å². The predicted molar refractivity (Wildman–Crippen MR) is 93.5 cm³/mol. The van der Waals surface area contributed by atoms with Crippen LogP contribution in [0.25, 0.3) is 0 Å². The highest BCUT2D eigenvalue weighted by Gasteiger charge is 2.22. The van der Waals surface area contributed by atoms with Crippen molar-refractivity contribution in [1.82, 2.24) is 4.90 Å². The zero-order valence-corrected chi connectivity index (χ0v) is 15.3. The summed E-state index contributed by atoms with van der Waals surface area (Å²) >= 11 is 0. The SMILES string of the molecule is CCCCCC(C)N(CC(CC)CCCC)C(=O)CCC. The van der Waals surface area contributed by atoms with Crippen LogP contribution in [0.5, 0.6) is 0 Å². The standard InChI is InChI=1S/C19H39NO/c1-6-10-12-14-17(5)20(19(21)13-8-3)16-18(9-4)15-11-7-2/h17-18H,6-16H2,1-5H3. The summed E-state index contributed by atoms with van der Waals surface area (Å²) in [5, 5.41) is 0. The molecule has 0 saturated carbocycles. The van der Waals surface area contributed by atoms with Gasteiger partial charge in [-0.15, -0.1) is 0 Å². The van der Waals surface area contributed by atoms with Crippen molar-refractivity contribution in [3.63, 3.8) is 0 Å². The van der Waals surface area contributed by atoms with Crippen LogP contribution in [0.4, 0.5) is 0 Å². The Morgan fingerprint density at radius 3 is 2.10 bits per heavy atom. The Bertz CT molecular complexity index is 252. The Balaban J connectivity index is 4.58. The van der Waals surface area contributed by atoms with E-state index in [1.165, 1.54) is 44.9 Å². The van der Waals surface area contributed by atoms with E-state index in [9.17, 15) is 4.79 Å². The Morgan fingerprint density at radius 2 is 1.57 bits per heavy atom. The van der Waals surface area contributed by atoms with Crippen LogP contribution in [0.2, 0.25) is 0 Å². The van der Waals surface area contributed by atoms with Gasteiger partial charge in [-0.3, -0.25) is 4.79 Å². The molecule has 0 aliphatic heterocycles. The highest BCUT2D eigenvalue weighted by molar-refractivity contribution is 5.76. The van der Waals surface area contributed by atoms with Crippen LogP contribution in [-0.2, 0) is 4.79 Å². The molecule has 126 valence electrons. The maximum Gasteiger partial charge on any atom is 0.222 e. The monoisotopic (exact) mass is 297 g/mol. The number of carbonyl (C=O) groups excluding carboxylic acids is 1. The van der Waals surface area contributed by atoms with E-state index in [1.807, 2.05) is 0 Å². The quantitative estimate of drug-likeness (QED) is 0.393. The van der Waals surface area contributed by atoms with Crippen molar-refractivity contribution in [1.29, 1.82) is 0 Å². The molecule has 0 aromatic heterocycles. The molecule has 0 N–H and O–H groups in total. The van der Waals surface area contributed by atoms with Gasteiger partial charge in [0.15, 0.2) is 0 Å². The number of hydrogen-bond acceptors (Lipinski definition) is 1. The van der Waals surface area contributed by atoms with Gasteiger partial charge in [-0.1, -0.05) is 66.2 Å². The summed E-state index contributed by atoms with van der Waals surface area (Å²) in [6.45, 7) is 12.1. The molecule has 2 atom stereocenters. The van der Waals surface area contributed by atoms with Crippen LogP contribution < -0.4 is 0 Å². The van der Waals surface area contributed by atoms with Gasteiger partial charge in [-0.05, 0) is 32.1 Å². The minimum atomic E-state index is 0.372. The Labute approximate surface area is 133 Å². The molecule has 0 spiro atoms. The van der Waals surface area contributed by atoms with E-state index in [2.05, 4.69) is 39.5 Å². The molecule has 0 saturated heterocycles. The molecular formula is C19H39NO. The summed E-state index contributed by atoms with van der Waals surface area (Å²) < 4.78 is 0. The fourth-order valence-electron chi connectivity index (χ4n) is 2.93. The van der Waals surface area contributed by atoms with Crippen molar-refractivity contribution in [2.45, 2.75) is 105 Å². The van der Waals surface area contributed by atoms with Crippen LogP contribution in [0.15, 0.2) is 0 Å². The number of nitrogens with zero attached hydrogens (tertiary/aromatic N) is 1. The van der Waals surface area contributed by atoms with Gasteiger partial charge >= 0.3 is 0 Å². The molecule has 0 radical (unpaired) electrons. The second-order valence-electron chi connectivity index (χ2n) is 6.56. The first-order chi connectivity index (χ1) is 10.1. The number of unbranched alkanes of at least 4 members (excludes halogenated alkanes) is 3. The average molecular weight is 298 g/mol. The lowest BCUT2D eigenvalue weighted by molar-refractivity contribution is -0.134. The summed E-state index contributed by atoms with van der Waals surface area (Å²) in [4.78, 5) is 14.7. The van der Waals surface area contributed by atoms with Gasteiger partial charge in [0.1, 0.15) is 0 Å². The molecule has 0 bridgehead atoms. The molecule has 21 heavy (non-hydrogen) atoms. The van der Waals surface area contributed by atoms with E-state index in [-0.39, 0.29) is 0 Å². The lowest BCUT2D eigenvalue weighted by atomic mass is 9.97. The molecule has 1 amide bonds. The van der Waals surface area contributed by atoms with Crippen molar-refractivity contribution in [2.24, 2.45) is 5.92 Å². The molecule has 0 fully saturated rings. The van der Waals surface area contributed by atoms with Crippen LogP contribution in [0, 0.1) is 5.92 Å². The van der Waals surface area contributed by atoms with Crippen molar-refractivity contribution in [3.8, 4) is 0 Å². The number of amides is 1. The Morgan fingerprint density at radius 1 is 0.905 bits per heavy atom. The number of carbonyl (C=O) groups is 1. The van der Waals surface area contributed by atoms with Crippen molar-refractivity contribution in [2.75, 3.05) is 6.54 Å². The van der Waals surface area contributed by atoms with Gasteiger partial charge in [0.2, 0.25) is 5.91 Å². The third kappa shape index (κ3) is 9.16. The van der Waals surface area contributed by atoms with Gasteiger partial charge in [-0.2, -0.15) is 0 Å².